The molecule has 24 heavy (non-hydrogen) atoms. The summed E-state index contributed by atoms with van der Waals surface area (Å²) in [6.07, 6.45) is 3.43. The Balaban J connectivity index is 1.54. The second kappa shape index (κ2) is 5.92. The van der Waals surface area contributed by atoms with E-state index in [9.17, 15) is 9.59 Å². The van der Waals surface area contributed by atoms with Crippen molar-refractivity contribution in [1.29, 1.82) is 0 Å². The summed E-state index contributed by atoms with van der Waals surface area (Å²) in [4.78, 5) is 31.1. The lowest BCUT2D eigenvalue weighted by molar-refractivity contribution is -0.128. The molecule has 2 aromatic rings. The maximum atomic E-state index is 12.6. The largest absolute Gasteiger partial charge is 0.339 e. The number of carbonyl (C=O) groups excluding carboxylic acids is 2. The van der Waals surface area contributed by atoms with Crippen molar-refractivity contribution in [3.63, 3.8) is 0 Å². The van der Waals surface area contributed by atoms with Gasteiger partial charge in [0, 0.05) is 25.6 Å². The minimum Gasteiger partial charge on any atom is -0.339 e. The molecule has 1 atom stereocenters. The molecule has 0 bridgehead atoms. The fourth-order valence-corrected chi connectivity index (χ4v) is 3.48. The number of aromatic nitrogens is 2. The first-order valence-electron chi connectivity index (χ1n) is 8.73. The quantitative estimate of drug-likeness (QED) is 0.917. The van der Waals surface area contributed by atoms with Gasteiger partial charge in [-0.15, -0.1) is 0 Å². The van der Waals surface area contributed by atoms with Gasteiger partial charge in [0.25, 0.3) is 0 Å². The molecule has 4 rings (SSSR count). The van der Waals surface area contributed by atoms with E-state index in [1.807, 2.05) is 33.7 Å². The molecule has 0 spiro atoms. The second-order valence-corrected chi connectivity index (χ2v) is 6.74. The number of fused-ring (bicyclic) bond motifs is 1. The SMILES string of the molecule is CCCn1c(NC(=O)[C@@H]2CC(=O)N(C3CC3)C2)nc2ccccc21. The average Bonchev–Trinajstić information content (AvgIpc) is 3.26. The molecule has 1 saturated heterocycles. The van der Waals surface area contributed by atoms with Crippen LogP contribution in [0.5, 0.6) is 0 Å². The van der Waals surface area contributed by atoms with E-state index >= 15 is 0 Å². The number of nitrogens with zero attached hydrogens (tertiary/aromatic N) is 3. The number of likely N-dealkylation sites (tertiary alicyclic amines) is 1. The summed E-state index contributed by atoms with van der Waals surface area (Å²) in [7, 11) is 0. The third kappa shape index (κ3) is 2.66. The number of amides is 2. The fraction of sp³-hybridized carbons (Fsp3) is 0.500. The van der Waals surface area contributed by atoms with E-state index in [1.54, 1.807) is 0 Å². The molecule has 1 saturated carbocycles. The Bertz CT molecular complexity index is 793. The van der Waals surface area contributed by atoms with Crippen LogP contribution < -0.4 is 5.32 Å². The molecule has 2 aliphatic rings. The summed E-state index contributed by atoms with van der Waals surface area (Å²) in [6.45, 7) is 3.45. The van der Waals surface area contributed by atoms with E-state index < -0.39 is 0 Å². The number of aryl methyl sites for hydroxylation is 1. The van der Waals surface area contributed by atoms with Gasteiger partial charge in [-0.05, 0) is 31.4 Å². The molecule has 2 heterocycles. The molecule has 6 nitrogen and oxygen atoms in total. The van der Waals surface area contributed by atoms with Gasteiger partial charge < -0.3 is 9.47 Å². The maximum absolute atomic E-state index is 12.6. The molecular weight excluding hydrogens is 304 g/mol. The smallest absolute Gasteiger partial charge is 0.232 e. The van der Waals surface area contributed by atoms with Crippen molar-refractivity contribution in [3.05, 3.63) is 24.3 Å². The van der Waals surface area contributed by atoms with Gasteiger partial charge in [0.1, 0.15) is 0 Å². The summed E-state index contributed by atoms with van der Waals surface area (Å²) < 4.78 is 2.04. The first-order chi connectivity index (χ1) is 11.7. The number of hydrogen-bond donors (Lipinski definition) is 1. The molecule has 0 radical (unpaired) electrons. The average molecular weight is 326 g/mol. The van der Waals surface area contributed by atoms with Crippen LogP contribution in [-0.2, 0) is 16.1 Å². The molecule has 1 aliphatic carbocycles. The van der Waals surface area contributed by atoms with Crippen LogP contribution in [0.15, 0.2) is 24.3 Å². The van der Waals surface area contributed by atoms with Gasteiger partial charge in [-0.2, -0.15) is 0 Å². The van der Waals surface area contributed by atoms with Crippen molar-refractivity contribution in [3.8, 4) is 0 Å². The molecule has 1 aromatic carbocycles. The zero-order valence-corrected chi connectivity index (χ0v) is 13.9. The van der Waals surface area contributed by atoms with Crippen molar-refractivity contribution in [2.75, 3.05) is 11.9 Å². The highest BCUT2D eigenvalue weighted by molar-refractivity contribution is 5.97. The fourth-order valence-electron chi connectivity index (χ4n) is 3.48. The lowest BCUT2D eigenvalue weighted by atomic mass is 10.1. The lowest BCUT2D eigenvalue weighted by Gasteiger charge is -2.15. The minimum absolute atomic E-state index is 0.0980. The van der Waals surface area contributed by atoms with Crippen LogP contribution in [0.1, 0.15) is 32.6 Å². The van der Waals surface area contributed by atoms with Gasteiger partial charge in [-0.3, -0.25) is 14.9 Å². The standard InChI is InChI=1S/C18H22N4O2/c1-2-9-21-15-6-4-3-5-14(15)19-18(21)20-17(24)12-10-16(23)22(11-12)13-7-8-13/h3-6,12-13H,2,7-11H2,1H3,(H,19,20,24)/t12-/m1/s1. The molecule has 6 heteroatoms. The van der Waals surface area contributed by atoms with E-state index in [2.05, 4.69) is 17.2 Å². The number of hydrogen-bond acceptors (Lipinski definition) is 3. The van der Waals surface area contributed by atoms with Gasteiger partial charge in [-0.1, -0.05) is 19.1 Å². The van der Waals surface area contributed by atoms with Crippen molar-refractivity contribution < 1.29 is 9.59 Å². The summed E-state index contributed by atoms with van der Waals surface area (Å²) in [5.41, 5.74) is 1.90. The number of para-hydroxylation sites is 2. The van der Waals surface area contributed by atoms with Crippen molar-refractivity contribution in [2.24, 2.45) is 5.92 Å². The van der Waals surface area contributed by atoms with E-state index in [0.29, 0.717) is 25.0 Å². The maximum Gasteiger partial charge on any atom is 0.232 e. The Kier molecular flexibility index (Phi) is 3.75. The number of benzene rings is 1. The highest BCUT2D eigenvalue weighted by Crippen LogP contribution is 2.33. The molecule has 2 fully saturated rings. The van der Waals surface area contributed by atoms with E-state index in [1.165, 1.54) is 0 Å². The normalized spacial score (nSPS) is 20.8. The Morgan fingerprint density at radius 2 is 2.12 bits per heavy atom. The van der Waals surface area contributed by atoms with Gasteiger partial charge in [0.2, 0.25) is 17.8 Å². The van der Waals surface area contributed by atoms with E-state index in [-0.39, 0.29) is 17.7 Å². The molecule has 126 valence electrons. The molecule has 0 unspecified atom stereocenters. The third-order valence-electron chi connectivity index (χ3n) is 4.85. The van der Waals surface area contributed by atoms with Gasteiger partial charge >= 0.3 is 0 Å². The topological polar surface area (TPSA) is 67.2 Å². The molecule has 1 N–H and O–H groups in total. The van der Waals surface area contributed by atoms with Crippen molar-refractivity contribution >= 4 is 28.8 Å². The van der Waals surface area contributed by atoms with Gasteiger partial charge in [0.05, 0.1) is 17.0 Å². The molecule has 1 aliphatic heterocycles. The van der Waals surface area contributed by atoms with Crippen LogP contribution in [-0.4, -0.2) is 38.9 Å². The number of rotatable bonds is 5. The number of imidazole rings is 1. The zero-order valence-electron chi connectivity index (χ0n) is 13.9. The van der Waals surface area contributed by atoms with Crippen LogP contribution >= 0.6 is 0 Å². The predicted octanol–water partition coefficient (Wildman–Crippen LogP) is 2.40. The lowest BCUT2D eigenvalue weighted by Crippen LogP contribution is -2.30. The highest BCUT2D eigenvalue weighted by atomic mass is 16.2. The summed E-state index contributed by atoms with van der Waals surface area (Å²) in [5.74, 6) is 0.326. The molecule has 1 aromatic heterocycles. The van der Waals surface area contributed by atoms with Crippen LogP contribution in [0.25, 0.3) is 11.0 Å². The first-order valence-corrected chi connectivity index (χ1v) is 8.73. The Hall–Kier alpha value is -2.37. The van der Waals surface area contributed by atoms with Crippen LogP contribution in [0, 0.1) is 5.92 Å². The van der Waals surface area contributed by atoms with Crippen LogP contribution in [0.2, 0.25) is 0 Å². The number of nitrogens with one attached hydrogen (secondary N) is 1. The Labute approximate surface area is 140 Å². The monoisotopic (exact) mass is 326 g/mol. The highest BCUT2D eigenvalue weighted by Gasteiger charge is 2.41. The van der Waals surface area contributed by atoms with Gasteiger partial charge in [0.15, 0.2) is 0 Å². The summed E-state index contributed by atoms with van der Waals surface area (Å²) >= 11 is 0. The number of anilines is 1. The van der Waals surface area contributed by atoms with Crippen LogP contribution in [0.4, 0.5) is 5.95 Å². The van der Waals surface area contributed by atoms with E-state index in [4.69, 9.17) is 0 Å². The second-order valence-electron chi connectivity index (χ2n) is 6.74. The van der Waals surface area contributed by atoms with Crippen molar-refractivity contribution in [2.45, 2.75) is 45.2 Å². The zero-order chi connectivity index (χ0) is 16.7. The number of carbonyl (C=O) groups is 2. The van der Waals surface area contributed by atoms with Gasteiger partial charge in [-0.25, -0.2) is 4.98 Å². The van der Waals surface area contributed by atoms with E-state index in [0.717, 1.165) is 36.8 Å². The molecule has 2 amide bonds. The predicted molar refractivity (Wildman–Crippen MR) is 91.5 cm³/mol. The Morgan fingerprint density at radius 3 is 2.88 bits per heavy atom. The third-order valence-corrected chi connectivity index (χ3v) is 4.85. The first kappa shape index (κ1) is 15.2. The van der Waals surface area contributed by atoms with Crippen molar-refractivity contribution in [1.82, 2.24) is 14.5 Å². The minimum atomic E-state index is -0.270. The van der Waals surface area contributed by atoms with Crippen LogP contribution in [0.3, 0.4) is 0 Å². The summed E-state index contributed by atoms with van der Waals surface area (Å²) in [5, 5.41) is 2.96. The molecular formula is C18H22N4O2. The summed E-state index contributed by atoms with van der Waals surface area (Å²) in [6, 6.07) is 8.26. The Morgan fingerprint density at radius 1 is 1.33 bits per heavy atom.